The minimum atomic E-state index is 0.199. The SMILES string of the molecule is CCN(C)C(=O)CCC1=NCC=CS1. The quantitative estimate of drug-likeness (QED) is 0.713. The van der Waals surface area contributed by atoms with E-state index in [0.717, 1.165) is 24.6 Å². The third kappa shape index (κ3) is 3.54. The normalized spacial score (nSPS) is 15.1. The van der Waals surface area contributed by atoms with E-state index in [-0.39, 0.29) is 5.91 Å². The summed E-state index contributed by atoms with van der Waals surface area (Å²) in [5.41, 5.74) is 0. The Kier molecular flexibility index (Phi) is 4.73. The number of amides is 1. The van der Waals surface area contributed by atoms with E-state index in [0.29, 0.717) is 6.42 Å². The van der Waals surface area contributed by atoms with Gasteiger partial charge in [0.1, 0.15) is 0 Å². The molecule has 14 heavy (non-hydrogen) atoms. The number of nitrogens with zero attached hydrogens (tertiary/aromatic N) is 2. The number of aliphatic imine (C=N–C) groups is 1. The molecule has 0 N–H and O–H groups in total. The predicted octanol–water partition coefficient (Wildman–Crippen LogP) is 1.90. The van der Waals surface area contributed by atoms with Crippen molar-refractivity contribution in [2.75, 3.05) is 20.1 Å². The topological polar surface area (TPSA) is 32.7 Å². The zero-order valence-electron chi connectivity index (χ0n) is 8.69. The van der Waals surface area contributed by atoms with Crippen molar-refractivity contribution in [3.05, 3.63) is 11.5 Å². The van der Waals surface area contributed by atoms with E-state index in [2.05, 4.69) is 4.99 Å². The van der Waals surface area contributed by atoms with Crippen LogP contribution in [0, 0.1) is 0 Å². The maximum absolute atomic E-state index is 11.5. The molecule has 0 bridgehead atoms. The van der Waals surface area contributed by atoms with Crippen molar-refractivity contribution >= 4 is 22.7 Å². The number of hydrogen-bond donors (Lipinski definition) is 0. The van der Waals surface area contributed by atoms with E-state index in [1.807, 2.05) is 25.5 Å². The molecule has 0 saturated carbocycles. The summed E-state index contributed by atoms with van der Waals surface area (Å²) in [6.45, 7) is 3.52. The van der Waals surface area contributed by atoms with Crippen LogP contribution in [0.2, 0.25) is 0 Å². The van der Waals surface area contributed by atoms with Crippen molar-refractivity contribution in [2.45, 2.75) is 19.8 Å². The van der Waals surface area contributed by atoms with Gasteiger partial charge in [-0.1, -0.05) is 17.8 Å². The first kappa shape index (κ1) is 11.3. The number of carbonyl (C=O) groups is 1. The molecule has 0 aromatic carbocycles. The highest BCUT2D eigenvalue weighted by Gasteiger charge is 2.09. The molecule has 4 heteroatoms. The number of rotatable bonds is 4. The Labute approximate surface area is 89.3 Å². The van der Waals surface area contributed by atoms with Gasteiger partial charge in [-0.25, -0.2) is 0 Å². The van der Waals surface area contributed by atoms with E-state index in [1.54, 1.807) is 16.7 Å². The molecule has 0 radical (unpaired) electrons. The molecular weight excluding hydrogens is 196 g/mol. The summed E-state index contributed by atoms with van der Waals surface area (Å²) in [6, 6.07) is 0. The molecule has 78 valence electrons. The van der Waals surface area contributed by atoms with Gasteiger partial charge >= 0.3 is 0 Å². The van der Waals surface area contributed by atoms with Crippen molar-refractivity contribution in [3.8, 4) is 0 Å². The van der Waals surface area contributed by atoms with Crippen LogP contribution in [0.5, 0.6) is 0 Å². The number of thioether (sulfide) groups is 1. The highest BCUT2D eigenvalue weighted by atomic mass is 32.2. The summed E-state index contributed by atoms with van der Waals surface area (Å²) in [5.74, 6) is 0.199. The molecule has 0 aromatic rings. The predicted molar refractivity (Wildman–Crippen MR) is 61.6 cm³/mol. The van der Waals surface area contributed by atoms with Crippen molar-refractivity contribution in [2.24, 2.45) is 4.99 Å². The fourth-order valence-electron chi connectivity index (χ4n) is 1.08. The maximum atomic E-state index is 11.5. The van der Waals surface area contributed by atoms with Gasteiger partial charge in [-0.05, 0) is 12.3 Å². The van der Waals surface area contributed by atoms with Gasteiger partial charge in [-0.2, -0.15) is 0 Å². The van der Waals surface area contributed by atoms with Crippen LogP contribution in [0.3, 0.4) is 0 Å². The Bertz CT molecular complexity index is 261. The second-order valence-corrected chi connectivity index (χ2v) is 4.11. The van der Waals surface area contributed by atoms with Crippen molar-refractivity contribution < 1.29 is 4.79 Å². The Morgan fingerprint density at radius 2 is 2.50 bits per heavy atom. The Balaban J connectivity index is 2.26. The average molecular weight is 212 g/mol. The van der Waals surface area contributed by atoms with Crippen LogP contribution in [-0.2, 0) is 4.79 Å². The first-order valence-electron chi connectivity index (χ1n) is 4.83. The van der Waals surface area contributed by atoms with Gasteiger partial charge in [0.25, 0.3) is 0 Å². The highest BCUT2D eigenvalue weighted by Crippen LogP contribution is 2.15. The van der Waals surface area contributed by atoms with Gasteiger partial charge in [-0.3, -0.25) is 9.79 Å². The molecule has 0 unspecified atom stereocenters. The number of carbonyl (C=O) groups excluding carboxylic acids is 1. The summed E-state index contributed by atoms with van der Waals surface area (Å²) in [7, 11) is 1.83. The first-order chi connectivity index (χ1) is 6.74. The standard InChI is InChI=1S/C10H16N2OS/c1-3-12(2)10(13)6-5-9-11-7-4-8-14-9/h4,8H,3,5-7H2,1-2H3. The molecule has 1 amide bonds. The lowest BCUT2D eigenvalue weighted by Gasteiger charge is -2.14. The second-order valence-electron chi connectivity index (χ2n) is 3.13. The van der Waals surface area contributed by atoms with Crippen LogP contribution in [0.25, 0.3) is 0 Å². The molecular formula is C10H16N2OS. The molecule has 1 aliphatic rings. The van der Waals surface area contributed by atoms with Gasteiger partial charge < -0.3 is 4.90 Å². The molecule has 0 fully saturated rings. The Hall–Kier alpha value is -0.770. The van der Waals surface area contributed by atoms with Gasteiger partial charge in [0, 0.05) is 26.4 Å². The highest BCUT2D eigenvalue weighted by molar-refractivity contribution is 8.16. The van der Waals surface area contributed by atoms with E-state index in [9.17, 15) is 4.79 Å². The Morgan fingerprint density at radius 3 is 3.07 bits per heavy atom. The van der Waals surface area contributed by atoms with Gasteiger partial charge in [0.2, 0.25) is 5.91 Å². The van der Waals surface area contributed by atoms with Crippen LogP contribution in [0.1, 0.15) is 19.8 Å². The van der Waals surface area contributed by atoms with E-state index < -0.39 is 0 Å². The van der Waals surface area contributed by atoms with Crippen LogP contribution in [0.15, 0.2) is 16.5 Å². The smallest absolute Gasteiger partial charge is 0.222 e. The molecule has 0 aliphatic carbocycles. The maximum Gasteiger partial charge on any atom is 0.222 e. The molecule has 0 saturated heterocycles. The fourth-order valence-corrected chi connectivity index (χ4v) is 1.79. The van der Waals surface area contributed by atoms with Crippen LogP contribution < -0.4 is 0 Å². The molecule has 1 rings (SSSR count). The fraction of sp³-hybridized carbons (Fsp3) is 0.600. The third-order valence-electron chi connectivity index (χ3n) is 2.13. The second kappa shape index (κ2) is 5.86. The van der Waals surface area contributed by atoms with Crippen molar-refractivity contribution in [1.29, 1.82) is 0 Å². The molecule has 1 aliphatic heterocycles. The minimum Gasteiger partial charge on any atom is -0.346 e. The summed E-state index contributed by atoms with van der Waals surface area (Å²) in [4.78, 5) is 17.5. The third-order valence-corrected chi connectivity index (χ3v) is 3.06. The van der Waals surface area contributed by atoms with Gasteiger partial charge in [0.15, 0.2) is 0 Å². The lowest BCUT2D eigenvalue weighted by molar-refractivity contribution is -0.129. The van der Waals surface area contributed by atoms with Gasteiger partial charge in [-0.15, -0.1) is 0 Å². The molecule has 3 nitrogen and oxygen atoms in total. The van der Waals surface area contributed by atoms with Crippen LogP contribution in [-0.4, -0.2) is 36.0 Å². The van der Waals surface area contributed by atoms with Crippen molar-refractivity contribution in [3.63, 3.8) is 0 Å². The molecule has 1 heterocycles. The van der Waals surface area contributed by atoms with E-state index in [4.69, 9.17) is 0 Å². The first-order valence-corrected chi connectivity index (χ1v) is 5.71. The van der Waals surface area contributed by atoms with E-state index in [1.165, 1.54) is 0 Å². The van der Waals surface area contributed by atoms with Gasteiger partial charge in [0.05, 0.1) is 11.6 Å². The van der Waals surface area contributed by atoms with Crippen LogP contribution in [0.4, 0.5) is 0 Å². The average Bonchev–Trinajstić information content (AvgIpc) is 2.26. The summed E-state index contributed by atoms with van der Waals surface area (Å²) >= 11 is 1.62. The number of hydrogen-bond acceptors (Lipinski definition) is 3. The zero-order valence-corrected chi connectivity index (χ0v) is 9.51. The zero-order chi connectivity index (χ0) is 10.4. The summed E-state index contributed by atoms with van der Waals surface area (Å²) in [5, 5.41) is 3.11. The molecule has 0 aromatic heterocycles. The lowest BCUT2D eigenvalue weighted by Crippen LogP contribution is -2.26. The lowest BCUT2D eigenvalue weighted by atomic mass is 10.3. The monoisotopic (exact) mass is 212 g/mol. The van der Waals surface area contributed by atoms with Crippen LogP contribution >= 0.6 is 11.8 Å². The minimum absolute atomic E-state index is 0.199. The summed E-state index contributed by atoms with van der Waals surface area (Å²) in [6.07, 6.45) is 3.37. The molecule has 0 atom stereocenters. The largest absolute Gasteiger partial charge is 0.346 e. The summed E-state index contributed by atoms with van der Waals surface area (Å²) < 4.78 is 0. The Morgan fingerprint density at radius 1 is 1.71 bits per heavy atom. The molecule has 0 spiro atoms. The van der Waals surface area contributed by atoms with Crippen molar-refractivity contribution in [1.82, 2.24) is 4.90 Å². The van der Waals surface area contributed by atoms with E-state index >= 15 is 0 Å².